The van der Waals surface area contributed by atoms with Crippen LogP contribution in [0.5, 0.6) is 0 Å². The van der Waals surface area contributed by atoms with Crippen molar-refractivity contribution in [3.63, 3.8) is 0 Å². The largest absolute Gasteiger partial charge is 0.318 e. The van der Waals surface area contributed by atoms with Crippen molar-refractivity contribution in [3.8, 4) is 0 Å². The summed E-state index contributed by atoms with van der Waals surface area (Å²) in [5.74, 6) is -0.470. The lowest BCUT2D eigenvalue weighted by molar-refractivity contribution is 0.102. The average Bonchev–Trinajstić information content (AvgIpc) is 3.30. The molecule has 1 saturated heterocycles. The van der Waals surface area contributed by atoms with Crippen LogP contribution in [0.4, 0.5) is 10.1 Å². The van der Waals surface area contributed by atoms with Crippen molar-refractivity contribution >= 4 is 38.9 Å². The number of thiazole rings is 1. The summed E-state index contributed by atoms with van der Waals surface area (Å²) >= 11 is 1.25. The molecule has 4 aromatic heterocycles. The van der Waals surface area contributed by atoms with Gasteiger partial charge >= 0.3 is 0 Å². The molecule has 5 heterocycles. The molecule has 0 spiro atoms. The Kier molecular flexibility index (Phi) is 4.71. The van der Waals surface area contributed by atoms with Crippen LogP contribution in [-0.2, 0) is 0 Å². The van der Waals surface area contributed by atoms with Gasteiger partial charge in [0.1, 0.15) is 10.3 Å². The zero-order valence-corrected chi connectivity index (χ0v) is 17.5. The molecule has 0 aliphatic carbocycles. The summed E-state index contributed by atoms with van der Waals surface area (Å²) in [5.41, 5.74) is 3.03. The van der Waals surface area contributed by atoms with Crippen LogP contribution in [0.2, 0.25) is 0 Å². The van der Waals surface area contributed by atoms with Crippen molar-refractivity contribution in [2.24, 2.45) is 0 Å². The minimum absolute atomic E-state index is 0.232. The van der Waals surface area contributed by atoms with Crippen LogP contribution >= 0.6 is 11.3 Å². The van der Waals surface area contributed by atoms with E-state index in [1.54, 1.807) is 23.7 Å². The van der Waals surface area contributed by atoms with Crippen molar-refractivity contribution in [2.45, 2.75) is 25.7 Å². The van der Waals surface area contributed by atoms with Crippen molar-refractivity contribution in [1.82, 2.24) is 24.3 Å². The van der Waals surface area contributed by atoms with Crippen LogP contribution in [0.25, 0.3) is 16.0 Å². The van der Waals surface area contributed by atoms with E-state index in [-0.39, 0.29) is 11.6 Å². The summed E-state index contributed by atoms with van der Waals surface area (Å²) in [4.78, 5) is 29.1. The number of carbonyl (C=O) groups excluding carboxylic acids is 1. The number of aryl methyl sites for hydroxylation is 1. The van der Waals surface area contributed by atoms with E-state index in [9.17, 15) is 9.18 Å². The van der Waals surface area contributed by atoms with E-state index in [2.05, 4.69) is 27.2 Å². The Balaban J connectivity index is 1.39. The number of fused-ring (bicyclic) bond motifs is 2. The van der Waals surface area contributed by atoms with Gasteiger partial charge in [-0.15, -0.1) is 0 Å². The highest BCUT2D eigenvalue weighted by molar-refractivity contribution is 7.20. The lowest BCUT2D eigenvalue weighted by Crippen LogP contribution is -2.31. The molecule has 0 radical (unpaired) electrons. The highest BCUT2D eigenvalue weighted by atomic mass is 32.1. The van der Waals surface area contributed by atoms with Crippen molar-refractivity contribution in [2.75, 3.05) is 25.5 Å². The molecule has 1 unspecified atom stereocenters. The van der Waals surface area contributed by atoms with Crippen LogP contribution in [0.3, 0.4) is 0 Å². The number of rotatable bonds is 3. The van der Waals surface area contributed by atoms with E-state index in [1.165, 1.54) is 17.4 Å². The number of anilines is 1. The predicted molar refractivity (Wildman–Crippen MR) is 115 cm³/mol. The Morgan fingerprint density at radius 1 is 1.27 bits per heavy atom. The van der Waals surface area contributed by atoms with Gasteiger partial charge in [-0.1, -0.05) is 11.3 Å². The molecule has 1 N–H and O–H groups in total. The Bertz CT molecular complexity index is 1270. The summed E-state index contributed by atoms with van der Waals surface area (Å²) in [5, 5.41) is 3.03. The van der Waals surface area contributed by atoms with E-state index in [1.807, 2.05) is 12.1 Å². The second-order valence-corrected chi connectivity index (χ2v) is 8.80. The lowest BCUT2D eigenvalue weighted by Gasteiger charge is -2.29. The van der Waals surface area contributed by atoms with Gasteiger partial charge in [-0.25, -0.2) is 19.3 Å². The van der Waals surface area contributed by atoms with Gasteiger partial charge in [-0.05, 0) is 45.5 Å². The quantitative estimate of drug-likeness (QED) is 0.541. The van der Waals surface area contributed by atoms with Crippen LogP contribution in [0.15, 0.2) is 30.6 Å². The second-order valence-electron chi connectivity index (χ2n) is 7.82. The molecule has 9 heteroatoms. The maximum atomic E-state index is 14.3. The number of amides is 1. The number of pyridine rings is 2. The number of aromatic nitrogens is 4. The van der Waals surface area contributed by atoms with E-state index < -0.39 is 5.82 Å². The van der Waals surface area contributed by atoms with Crippen LogP contribution in [-0.4, -0.2) is 50.3 Å². The number of halogens is 1. The SMILES string of the molecule is Cc1cn2cc(NC(=O)c3nc4ccc(C5CCCN(C)C5)nc4s3)cc(F)c2n1. The van der Waals surface area contributed by atoms with E-state index in [4.69, 9.17) is 4.98 Å². The third-order valence-electron chi connectivity index (χ3n) is 5.40. The van der Waals surface area contributed by atoms with Gasteiger partial charge in [-0.2, -0.15) is 0 Å². The topological polar surface area (TPSA) is 75.4 Å². The van der Waals surface area contributed by atoms with Crippen molar-refractivity contribution in [3.05, 3.63) is 52.8 Å². The fraction of sp³-hybridized carbons (Fsp3) is 0.333. The third-order valence-corrected chi connectivity index (χ3v) is 6.36. The van der Waals surface area contributed by atoms with Gasteiger partial charge in [0.25, 0.3) is 5.91 Å². The van der Waals surface area contributed by atoms with E-state index >= 15 is 0 Å². The normalized spacial score (nSPS) is 17.6. The predicted octanol–water partition coefficient (Wildman–Crippen LogP) is 3.85. The Morgan fingerprint density at radius 2 is 2.13 bits per heavy atom. The van der Waals surface area contributed by atoms with Crippen LogP contribution < -0.4 is 5.32 Å². The zero-order valence-electron chi connectivity index (χ0n) is 16.7. The van der Waals surface area contributed by atoms with Gasteiger partial charge < -0.3 is 14.6 Å². The van der Waals surface area contributed by atoms with Gasteiger partial charge in [0.2, 0.25) is 0 Å². The van der Waals surface area contributed by atoms with Gasteiger partial charge in [0.05, 0.1) is 11.4 Å². The summed E-state index contributed by atoms with van der Waals surface area (Å²) < 4.78 is 15.8. The minimum Gasteiger partial charge on any atom is -0.318 e. The molecule has 30 heavy (non-hydrogen) atoms. The first kappa shape index (κ1) is 19.1. The number of likely N-dealkylation sites (N-methyl/N-ethyl adjacent to an activating group) is 1. The molecule has 4 aromatic rings. The van der Waals surface area contributed by atoms with Crippen molar-refractivity contribution in [1.29, 1.82) is 0 Å². The van der Waals surface area contributed by atoms with E-state index in [0.717, 1.165) is 36.5 Å². The average molecular weight is 425 g/mol. The van der Waals surface area contributed by atoms with Crippen LogP contribution in [0.1, 0.15) is 39.9 Å². The standard InChI is InChI=1S/C21H21FN6OS/c1-12-9-28-11-14(8-15(22)18(28)23-12)24-19(29)21-26-17-6-5-16(25-20(17)30-21)13-4-3-7-27(2)10-13/h5-6,8-9,11,13H,3-4,7,10H2,1-2H3,(H,24,29). The Hall–Kier alpha value is -2.91. The molecule has 154 valence electrons. The maximum Gasteiger partial charge on any atom is 0.284 e. The summed E-state index contributed by atoms with van der Waals surface area (Å²) in [6, 6.07) is 5.21. The van der Waals surface area contributed by atoms with E-state index in [0.29, 0.717) is 27.8 Å². The first-order valence-electron chi connectivity index (χ1n) is 9.88. The first-order valence-corrected chi connectivity index (χ1v) is 10.7. The van der Waals surface area contributed by atoms with Gasteiger partial charge in [0.15, 0.2) is 16.5 Å². The molecule has 1 aliphatic heterocycles. The highest BCUT2D eigenvalue weighted by Crippen LogP contribution is 2.28. The third kappa shape index (κ3) is 3.54. The number of likely N-dealkylation sites (tertiary alicyclic amines) is 1. The number of hydrogen-bond donors (Lipinski definition) is 1. The molecule has 1 amide bonds. The fourth-order valence-corrected chi connectivity index (χ4v) is 4.84. The first-order chi connectivity index (χ1) is 14.5. The number of nitrogens with one attached hydrogen (secondary N) is 1. The maximum absolute atomic E-state index is 14.3. The highest BCUT2D eigenvalue weighted by Gasteiger charge is 2.21. The number of imidazole rings is 1. The molecular weight excluding hydrogens is 403 g/mol. The molecular formula is C21H21FN6OS. The lowest BCUT2D eigenvalue weighted by atomic mass is 9.95. The molecule has 1 atom stereocenters. The number of nitrogens with zero attached hydrogens (tertiary/aromatic N) is 5. The number of piperidine rings is 1. The zero-order chi connectivity index (χ0) is 20.8. The summed E-state index contributed by atoms with van der Waals surface area (Å²) in [6.45, 7) is 3.90. The summed E-state index contributed by atoms with van der Waals surface area (Å²) in [7, 11) is 2.13. The van der Waals surface area contributed by atoms with Gasteiger partial charge in [0, 0.05) is 36.6 Å². The smallest absolute Gasteiger partial charge is 0.284 e. The molecule has 7 nitrogen and oxygen atoms in total. The molecule has 1 aliphatic rings. The van der Waals surface area contributed by atoms with Gasteiger partial charge in [-0.3, -0.25) is 4.79 Å². The van der Waals surface area contributed by atoms with Crippen molar-refractivity contribution < 1.29 is 9.18 Å². The summed E-state index contributed by atoms with van der Waals surface area (Å²) in [6.07, 6.45) is 5.63. The number of carbonyl (C=O) groups is 1. The molecule has 1 fully saturated rings. The molecule has 0 saturated carbocycles. The minimum atomic E-state index is -0.492. The molecule has 5 rings (SSSR count). The Labute approximate surface area is 176 Å². The number of hydrogen-bond acceptors (Lipinski definition) is 6. The fourth-order valence-electron chi connectivity index (χ4n) is 4.00. The molecule has 0 bridgehead atoms. The van der Waals surface area contributed by atoms with Crippen LogP contribution in [0, 0.1) is 12.7 Å². The molecule has 0 aromatic carbocycles. The Morgan fingerprint density at radius 3 is 2.97 bits per heavy atom. The second kappa shape index (κ2) is 7.41. The monoisotopic (exact) mass is 424 g/mol.